The van der Waals surface area contributed by atoms with Crippen LogP contribution in [0.4, 0.5) is 0 Å². The van der Waals surface area contributed by atoms with Crippen molar-refractivity contribution < 1.29 is 87.9 Å². The summed E-state index contributed by atoms with van der Waals surface area (Å²) < 4.78 is 28.8. The molecule has 0 radical (unpaired) electrons. The summed E-state index contributed by atoms with van der Waals surface area (Å²) in [5.74, 6) is -14.9. The standard InChI is InChI=1S/C38H52O18/c1-15(2)27(43)33(47)55-21-12-23(42)53-14-19-25-30(46)29(45)24(18-9-10-52-13-18)37(25,7)32(56-34(48)28(44)16(3)4)31(54-17(5)39)26(19)36(21,6)20(11-22(40)41)38(8,51)35(49)50/h9-10,13,15-16,20-21,24,26-32,43-46,51H,11-12,14H2,1-8H3,(H,40,41)(H,49,50)/t20-,21-,24-,26-,27?,28?,29-,30+,31-,32+,36-,37+,38?/m1/s1. The number of furan rings is 1. The smallest absolute Gasteiger partial charge is 0.335 e. The van der Waals surface area contributed by atoms with Crippen molar-refractivity contribution in [3.63, 3.8) is 0 Å². The fraction of sp³-hybridized carbons (Fsp3) is 0.684. The van der Waals surface area contributed by atoms with Gasteiger partial charge in [-0.1, -0.05) is 41.5 Å². The second kappa shape index (κ2) is 16.2. The van der Waals surface area contributed by atoms with Gasteiger partial charge in [-0.05, 0) is 41.5 Å². The third-order valence-electron chi connectivity index (χ3n) is 11.9. The minimum absolute atomic E-state index is 0.154. The Bertz CT molecular complexity index is 1710. The summed E-state index contributed by atoms with van der Waals surface area (Å²) in [4.78, 5) is 79.7. The van der Waals surface area contributed by atoms with Crippen LogP contribution >= 0.6 is 0 Å². The SMILES string of the molecule is CC(=O)O[C@@H]1[C@H]2C(=C3[C@H](O)[C@H](O)[C@@H](c4ccoc4)[C@]3(C)[C@H]1OC(=O)C(O)C(C)C)COC(=O)C[C@@H](OC(=O)C(O)C(C)C)[C@@]2(C)[C@@H](CC(=O)O)C(C)(O)C(=O)O. The average molecular weight is 797 g/mol. The fourth-order valence-electron chi connectivity index (χ4n) is 9.04. The minimum Gasteiger partial charge on any atom is -0.481 e. The Balaban J connectivity index is 2.25. The molecule has 18 nitrogen and oxygen atoms in total. The largest absolute Gasteiger partial charge is 0.481 e. The third kappa shape index (κ3) is 7.68. The van der Waals surface area contributed by atoms with Gasteiger partial charge < -0.3 is 59.1 Å². The van der Waals surface area contributed by atoms with E-state index in [9.17, 15) is 64.5 Å². The van der Waals surface area contributed by atoms with E-state index in [4.69, 9.17) is 23.4 Å². The molecule has 1 saturated heterocycles. The normalized spacial score (nSPS) is 33.1. The Morgan fingerprint density at radius 2 is 1.52 bits per heavy atom. The van der Waals surface area contributed by atoms with Crippen molar-refractivity contribution in [1.29, 1.82) is 0 Å². The van der Waals surface area contributed by atoms with E-state index in [2.05, 4.69) is 0 Å². The first-order chi connectivity index (χ1) is 25.8. The number of esters is 4. The Morgan fingerprint density at radius 3 is 2.00 bits per heavy atom. The van der Waals surface area contributed by atoms with Gasteiger partial charge in [-0.15, -0.1) is 0 Å². The first-order valence-electron chi connectivity index (χ1n) is 18.2. The van der Waals surface area contributed by atoms with Gasteiger partial charge in [0.05, 0.1) is 31.5 Å². The van der Waals surface area contributed by atoms with Crippen LogP contribution in [0.15, 0.2) is 34.2 Å². The summed E-state index contributed by atoms with van der Waals surface area (Å²) in [6.45, 7) is 9.60. The number of fused-ring (bicyclic) bond motifs is 2. The van der Waals surface area contributed by atoms with Gasteiger partial charge in [0.25, 0.3) is 0 Å². The number of carbonyl (C=O) groups is 6. The summed E-state index contributed by atoms with van der Waals surface area (Å²) in [5.41, 5.74) is -7.33. The molecule has 13 atom stereocenters. The third-order valence-corrected chi connectivity index (χ3v) is 11.9. The van der Waals surface area contributed by atoms with Crippen LogP contribution in [0.3, 0.4) is 0 Å². The van der Waals surface area contributed by atoms with Gasteiger partial charge in [-0.25, -0.2) is 14.4 Å². The van der Waals surface area contributed by atoms with Gasteiger partial charge in [0, 0.05) is 35.5 Å². The molecule has 0 amide bonds. The number of aliphatic hydroxyl groups excluding tert-OH is 4. The van der Waals surface area contributed by atoms with Crippen molar-refractivity contribution in [3.05, 3.63) is 35.3 Å². The van der Waals surface area contributed by atoms with E-state index >= 15 is 0 Å². The monoisotopic (exact) mass is 796 g/mol. The Labute approximate surface area is 322 Å². The lowest BCUT2D eigenvalue weighted by Gasteiger charge is -2.58. The van der Waals surface area contributed by atoms with Crippen LogP contribution in [-0.4, -0.2) is 126 Å². The number of aliphatic hydroxyl groups is 5. The zero-order valence-corrected chi connectivity index (χ0v) is 32.4. The maximum atomic E-state index is 13.8. The minimum atomic E-state index is -3.04. The summed E-state index contributed by atoms with van der Waals surface area (Å²) in [5, 5.41) is 78.0. The molecule has 2 heterocycles. The summed E-state index contributed by atoms with van der Waals surface area (Å²) >= 11 is 0. The maximum absolute atomic E-state index is 13.8. The molecule has 3 unspecified atom stereocenters. The highest BCUT2D eigenvalue weighted by molar-refractivity contribution is 5.80. The summed E-state index contributed by atoms with van der Waals surface area (Å²) in [6.07, 6.45) is -12.6. The van der Waals surface area contributed by atoms with Gasteiger partial charge >= 0.3 is 35.8 Å². The number of carbonyl (C=O) groups excluding carboxylic acids is 4. The van der Waals surface area contributed by atoms with Crippen molar-refractivity contribution >= 4 is 35.8 Å². The van der Waals surface area contributed by atoms with Gasteiger partial charge in [-0.2, -0.15) is 0 Å². The van der Waals surface area contributed by atoms with E-state index in [1.165, 1.54) is 60.1 Å². The van der Waals surface area contributed by atoms with Crippen LogP contribution in [0.25, 0.3) is 0 Å². The zero-order valence-electron chi connectivity index (χ0n) is 32.4. The molecule has 18 heteroatoms. The lowest BCUT2D eigenvalue weighted by Crippen LogP contribution is -2.67. The molecule has 0 spiro atoms. The van der Waals surface area contributed by atoms with E-state index in [0.29, 0.717) is 0 Å². The summed E-state index contributed by atoms with van der Waals surface area (Å²) in [6, 6.07) is 1.46. The highest BCUT2D eigenvalue weighted by Crippen LogP contribution is 2.65. The van der Waals surface area contributed by atoms with E-state index in [1.807, 2.05) is 0 Å². The van der Waals surface area contributed by atoms with Gasteiger partial charge in [0.1, 0.15) is 31.0 Å². The number of cyclic esters (lactones) is 1. The fourth-order valence-corrected chi connectivity index (χ4v) is 9.04. The van der Waals surface area contributed by atoms with E-state index < -0.39 is 144 Å². The highest BCUT2D eigenvalue weighted by Gasteiger charge is 2.72. The van der Waals surface area contributed by atoms with Crippen LogP contribution in [0.2, 0.25) is 0 Å². The molecular formula is C38H52O18. The van der Waals surface area contributed by atoms with Crippen molar-refractivity contribution in [1.82, 2.24) is 0 Å². The van der Waals surface area contributed by atoms with E-state index in [0.717, 1.165) is 13.8 Å². The first-order valence-corrected chi connectivity index (χ1v) is 18.2. The van der Waals surface area contributed by atoms with Crippen LogP contribution < -0.4 is 0 Å². The molecule has 0 aromatic carbocycles. The van der Waals surface area contributed by atoms with Crippen LogP contribution in [0.1, 0.15) is 79.7 Å². The van der Waals surface area contributed by atoms with Crippen molar-refractivity contribution in [2.45, 2.75) is 122 Å². The number of ether oxygens (including phenoxy) is 4. The van der Waals surface area contributed by atoms with Crippen LogP contribution in [0, 0.1) is 34.5 Å². The zero-order chi connectivity index (χ0) is 42.4. The molecule has 56 heavy (non-hydrogen) atoms. The number of carboxylic acids is 2. The first kappa shape index (κ1) is 44.4. The molecule has 0 bridgehead atoms. The predicted molar refractivity (Wildman–Crippen MR) is 187 cm³/mol. The average Bonchev–Trinajstić information content (AvgIpc) is 3.69. The predicted octanol–water partition coefficient (Wildman–Crippen LogP) is 0.700. The molecule has 1 aromatic rings. The molecule has 1 aromatic heterocycles. The van der Waals surface area contributed by atoms with Crippen molar-refractivity contribution in [2.75, 3.05) is 6.61 Å². The Kier molecular flexibility index (Phi) is 12.9. The molecule has 1 aliphatic heterocycles. The van der Waals surface area contributed by atoms with E-state index in [-0.39, 0.29) is 16.7 Å². The second-order valence-electron chi connectivity index (χ2n) is 16.2. The summed E-state index contributed by atoms with van der Waals surface area (Å²) in [7, 11) is 0. The quantitative estimate of drug-likeness (QED) is 0.0821. The Hall–Kier alpha value is -4.36. The Morgan fingerprint density at radius 1 is 0.946 bits per heavy atom. The topological polar surface area (TPSA) is 294 Å². The maximum Gasteiger partial charge on any atom is 0.335 e. The van der Waals surface area contributed by atoms with Crippen LogP contribution in [0.5, 0.6) is 0 Å². The van der Waals surface area contributed by atoms with Gasteiger partial charge in [-0.3, -0.25) is 14.4 Å². The molecule has 312 valence electrons. The molecule has 1 saturated carbocycles. The number of hydrogen-bond acceptors (Lipinski definition) is 16. The lowest BCUT2D eigenvalue weighted by molar-refractivity contribution is -0.224. The second-order valence-corrected chi connectivity index (χ2v) is 16.2. The van der Waals surface area contributed by atoms with Gasteiger partial charge in [0.15, 0.2) is 17.8 Å². The number of aliphatic carboxylic acids is 2. The molecule has 2 aliphatic carbocycles. The van der Waals surface area contributed by atoms with Crippen LogP contribution in [-0.2, 0) is 47.7 Å². The molecule has 7 N–H and O–H groups in total. The number of hydrogen-bond donors (Lipinski definition) is 7. The van der Waals surface area contributed by atoms with Crippen molar-refractivity contribution in [2.24, 2.45) is 34.5 Å². The number of carboxylic acid groups (broad SMARTS) is 2. The highest BCUT2D eigenvalue weighted by atomic mass is 16.6. The van der Waals surface area contributed by atoms with Crippen molar-refractivity contribution in [3.8, 4) is 0 Å². The number of rotatable bonds is 13. The lowest BCUT2D eigenvalue weighted by atomic mass is 9.49. The van der Waals surface area contributed by atoms with Gasteiger partial charge in [0.2, 0.25) is 0 Å². The molecule has 4 rings (SSSR count). The molecule has 3 aliphatic rings. The molecule has 2 fully saturated rings. The van der Waals surface area contributed by atoms with E-state index in [1.54, 1.807) is 0 Å². The molecular weight excluding hydrogens is 744 g/mol.